The van der Waals surface area contributed by atoms with Gasteiger partial charge in [-0.1, -0.05) is 38.6 Å². The van der Waals surface area contributed by atoms with Crippen LogP contribution in [0.1, 0.15) is 56.3 Å². The molecule has 6 rings (SSSR count). The Morgan fingerprint density at radius 2 is 1.84 bits per heavy atom. The molecule has 3 aliphatic rings. The molecule has 5 N–H and O–H groups in total. The number of hydrogen-bond acceptors (Lipinski definition) is 7. The molecule has 0 spiro atoms. The predicted molar refractivity (Wildman–Crippen MR) is 179 cm³/mol. The van der Waals surface area contributed by atoms with E-state index in [1.54, 1.807) is 31.5 Å². The van der Waals surface area contributed by atoms with Crippen molar-refractivity contribution in [3.8, 4) is 0 Å². The summed E-state index contributed by atoms with van der Waals surface area (Å²) in [6.07, 6.45) is 0.954. The number of dihydropyridines is 1. The van der Waals surface area contributed by atoms with E-state index in [4.69, 9.17) is 14.3 Å². The number of aromatic nitrogens is 1. The van der Waals surface area contributed by atoms with Crippen molar-refractivity contribution >= 4 is 23.0 Å². The van der Waals surface area contributed by atoms with Crippen LogP contribution in [0.15, 0.2) is 84.4 Å². The van der Waals surface area contributed by atoms with Crippen molar-refractivity contribution in [3.63, 3.8) is 0 Å². The van der Waals surface area contributed by atoms with Crippen LogP contribution in [0.4, 0.5) is 22.0 Å². The summed E-state index contributed by atoms with van der Waals surface area (Å²) in [5.41, 5.74) is 0.452. The van der Waals surface area contributed by atoms with Gasteiger partial charge in [-0.3, -0.25) is 9.78 Å². The van der Waals surface area contributed by atoms with Gasteiger partial charge in [-0.25, -0.2) is 8.78 Å². The topological polar surface area (TPSA) is 119 Å². The number of carbonyl (C=O) groups is 1. The first-order chi connectivity index (χ1) is 23.1. The van der Waals surface area contributed by atoms with Gasteiger partial charge >= 0.3 is 6.18 Å². The van der Waals surface area contributed by atoms with Gasteiger partial charge in [0, 0.05) is 30.0 Å². The minimum atomic E-state index is -5.17. The van der Waals surface area contributed by atoms with E-state index >= 15 is 4.39 Å². The molecule has 0 bridgehead atoms. The van der Waals surface area contributed by atoms with Gasteiger partial charge in [0.2, 0.25) is 12.0 Å². The van der Waals surface area contributed by atoms with Gasteiger partial charge in [-0.2, -0.15) is 13.2 Å². The van der Waals surface area contributed by atoms with Gasteiger partial charge in [-0.15, -0.1) is 0 Å². The molecular weight excluding hydrogens is 647 g/mol. The van der Waals surface area contributed by atoms with E-state index in [-0.39, 0.29) is 23.4 Å². The van der Waals surface area contributed by atoms with E-state index in [9.17, 15) is 22.7 Å². The second kappa shape index (κ2) is 16.3. The molecule has 1 fully saturated rings. The third-order valence-corrected chi connectivity index (χ3v) is 7.88. The molecular formula is C36H43F5N4O4. The van der Waals surface area contributed by atoms with Crippen LogP contribution >= 0.6 is 0 Å². The lowest BCUT2D eigenvalue weighted by Crippen LogP contribution is -2.57. The second-order valence-corrected chi connectivity index (χ2v) is 11.6. The predicted octanol–water partition coefficient (Wildman–Crippen LogP) is 6.70. The third kappa shape index (κ3) is 9.36. The highest BCUT2D eigenvalue weighted by Gasteiger charge is 2.58. The van der Waals surface area contributed by atoms with Crippen LogP contribution < -0.4 is 16.4 Å². The Morgan fingerprint density at radius 1 is 1.20 bits per heavy atom. The highest BCUT2D eigenvalue weighted by molar-refractivity contribution is 5.83. The minimum absolute atomic E-state index is 0.0809. The second-order valence-electron chi connectivity index (χ2n) is 11.6. The van der Waals surface area contributed by atoms with Crippen LogP contribution in [0.3, 0.4) is 0 Å². The molecule has 0 saturated heterocycles. The summed E-state index contributed by atoms with van der Waals surface area (Å²) in [7, 11) is 1.76. The summed E-state index contributed by atoms with van der Waals surface area (Å²) >= 11 is 0. The zero-order chi connectivity index (χ0) is 36.6. The average Bonchev–Trinajstić information content (AvgIpc) is 3.87. The molecule has 266 valence electrons. The van der Waals surface area contributed by atoms with Gasteiger partial charge in [0.15, 0.2) is 5.67 Å². The number of halogens is 5. The molecule has 0 radical (unpaired) electrons. The van der Waals surface area contributed by atoms with Crippen LogP contribution in [0.5, 0.6) is 0 Å². The number of primary amides is 1. The van der Waals surface area contributed by atoms with Crippen molar-refractivity contribution in [2.24, 2.45) is 5.73 Å². The van der Waals surface area contributed by atoms with Crippen LogP contribution in [-0.2, 0) is 14.3 Å². The minimum Gasteiger partial charge on any atom is -0.491 e. The SMILES string of the molecule is C=C(NC[C@](O)(C1=CC2=C(OC[C@@]2(C)F)C(c2ccc(F)cc2)N1)C(F)(F)F)c1ccc2ncc(C)cc2c1.CC.COC1CC1.NC=O. The molecule has 8 nitrogen and oxygen atoms in total. The van der Waals surface area contributed by atoms with Crippen LogP contribution in [0.2, 0.25) is 0 Å². The van der Waals surface area contributed by atoms with Gasteiger partial charge in [0.1, 0.15) is 24.2 Å². The standard InChI is InChI=1S/C29H26F5N3O2.C4H8O.C2H6.CH3NO/c1-16-10-20-11-19(6-9-23(20)35-13-16)17(2)36-14-28(38,29(32,33)34)24-12-22-26(39-15-27(22,3)31)25(37-24)18-4-7-21(30)8-5-18;1-5-4-2-3-4;1-2;2-1-3/h4-13,25,36-38H,2,14-15H2,1,3H3;4H,2-3H2,1H3;1-2H3;1H,(H2,2,3)/t25?,27-,28+;;;/m1.../s1. The summed E-state index contributed by atoms with van der Waals surface area (Å²) in [6.45, 7) is 9.51. The normalized spacial score (nSPS) is 20.6. The number of amides is 1. The first kappa shape index (κ1) is 39.0. The van der Waals surface area contributed by atoms with Crippen molar-refractivity contribution in [2.75, 3.05) is 20.3 Å². The summed E-state index contributed by atoms with van der Waals surface area (Å²) in [4.78, 5) is 12.9. The van der Waals surface area contributed by atoms with E-state index in [0.29, 0.717) is 22.7 Å². The van der Waals surface area contributed by atoms with E-state index in [1.165, 1.54) is 31.9 Å². The number of carbonyl (C=O) groups excluding carboxylic acids is 1. The molecule has 1 amide bonds. The zero-order valence-electron chi connectivity index (χ0n) is 28.1. The number of allylic oxidation sites excluding steroid dienone is 1. The fourth-order valence-electron chi connectivity index (χ4n) is 5.04. The van der Waals surface area contributed by atoms with E-state index in [2.05, 4.69) is 27.9 Å². The molecule has 1 saturated carbocycles. The van der Waals surface area contributed by atoms with Gasteiger partial charge in [0.25, 0.3) is 0 Å². The van der Waals surface area contributed by atoms with Crippen molar-refractivity contribution < 1.29 is 41.3 Å². The number of pyridine rings is 1. The monoisotopic (exact) mass is 690 g/mol. The number of ether oxygens (including phenoxy) is 2. The summed E-state index contributed by atoms with van der Waals surface area (Å²) in [5, 5.41) is 17.2. The Balaban J connectivity index is 0.000000571. The zero-order valence-corrected chi connectivity index (χ0v) is 28.1. The number of nitrogens with two attached hydrogens (primary N) is 1. The molecule has 1 aromatic heterocycles. The number of rotatable bonds is 7. The van der Waals surface area contributed by atoms with Crippen LogP contribution in [0.25, 0.3) is 16.6 Å². The summed E-state index contributed by atoms with van der Waals surface area (Å²) in [5.74, 6) is -0.464. The van der Waals surface area contributed by atoms with Crippen molar-refractivity contribution in [1.82, 2.24) is 15.6 Å². The molecule has 2 aliphatic heterocycles. The van der Waals surface area contributed by atoms with Crippen LogP contribution in [-0.4, -0.2) is 60.3 Å². The lowest BCUT2D eigenvalue weighted by atomic mass is 9.86. The molecule has 3 heterocycles. The smallest absolute Gasteiger partial charge is 0.424 e. The van der Waals surface area contributed by atoms with Crippen molar-refractivity contribution in [1.29, 1.82) is 0 Å². The van der Waals surface area contributed by atoms with Gasteiger partial charge < -0.3 is 30.9 Å². The maximum absolute atomic E-state index is 15.3. The lowest BCUT2D eigenvalue weighted by molar-refractivity contribution is -0.243. The molecule has 3 atom stereocenters. The molecule has 1 unspecified atom stereocenters. The quantitative estimate of drug-likeness (QED) is 0.161. The summed E-state index contributed by atoms with van der Waals surface area (Å²) in [6, 6.07) is 10.9. The number of methoxy groups -OCH3 is 1. The average molecular weight is 691 g/mol. The number of fused-ring (bicyclic) bond motifs is 1. The van der Waals surface area contributed by atoms with Gasteiger partial charge in [-0.05, 0) is 79.8 Å². The third-order valence-electron chi connectivity index (χ3n) is 7.88. The van der Waals surface area contributed by atoms with Gasteiger partial charge in [0.05, 0.1) is 23.9 Å². The fourth-order valence-corrected chi connectivity index (χ4v) is 5.04. The largest absolute Gasteiger partial charge is 0.491 e. The molecule has 49 heavy (non-hydrogen) atoms. The molecule has 1 aliphatic carbocycles. The lowest BCUT2D eigenvalue weighted by Gasteiger charge is -2.38. The van der Waals surface area contributed by atoms with E-state index < -0.39 is 48.2 Å². The summed E-state index contributed by atoms with van der Waals surface area (Å²) < 4.78 is 82.8. The first-order valence-electron chi connectivity index (χ1n) is 15.7. The van der Waals surface area contributed by atoms with Crippen molar-refractivity contribution in [2.45, 2.75) is 70.1 Å². The number of nitrogens with zero attached hydrogens (tertiary/aromatic N) is 1. The number of hydrogen-bond donors (Lipinski definition) is 4. The molecule has 13 heteroatoms. The Kier molecular flexibility index (Phi) is 12.9. The fraction of sp³-hybridized carbons (Fsp3) is 0.389. The Morgan fingerprint density at radius 3 is 2.39 bits per heavy atom. The highest BCUT2D eigenvalue weighted by atomic mass is 19.4. The number of aliphatic hydroxyl groups is 1. The van der Waals surface area contributed by atoms with Crippen LogP contribution in [0, 0.1) is 12.7 Å². The van der Waals surface area contributed by atoms with Crippen molar-refractivity contribution in [3.05, 3.63) is 107 Å². The number of aryl methyl sites for hydroxylation is 1. The Bertz CT molecular complexity index is 1670. The maximum Gasteiger partial charge on any atom is 0.424 e. The number of alkyl halides is 4. The molecule has 3 aromatic rings. The Labute approximate surface area is 282 Å². The van der Waals surface area contributed by atoms with E-state index in [1.807, 2.05) is 26.8 Å². The highest BCUT2D eigenvalue weighted by Crippen LogP contribution is 2.46. The van der Waals surface area contributed by atoms with E-state index in [0.717, 1.165) is 29.2 Å². The first-order valence-corrected chi connectivity index (χ1v) is 15.7. The maximum atomic E-state index is 15.3. The number of benzene rings is 2. The Hall–Kier alpha value is -4.49. The number of nitrogens with one attached hydrogen (secondary N) is 2. The molecule has 2 aromatic carbocycles.